The molecule has 1 heterocycles. The van der Waals surface area contributed by atoms with Crippen LogP contribution in [0.3, 0.4) is 0 Å². The average Bonchev–Trinajstić information content (AvgIpc) is 2.83. The zero-order valence-electron chi connectivity index (χ0n) is 11.8. The molecular formula is C15H19N3O2. The third kappa shape index (κ3) is 2.87. The molecule has 1 aromatic carbocycles. The molecule has 0 aliphatic rings. The fourth-order valence-electron chi connectivity index (χ4n) is 2.23. The standard InChI is InChI=1S/C15H19N3O2/c1-3-4-7-10-18-14(13(15(19)20)16-17-18)12-9-6-5-8-11(12)2/h5-6,8-9H,3-4,7,10H2,1-2H3,(H,19,20). The molecule has 0 fully saturated rings. The van der Waals surface area contributed by atoms with Crippen LogP contribution in [0.25, 0.3) is 11.3 Å². The van der Waals surface area contributed by atoms with Crippen molar-refractivity contribution < 1.29 is 9.90 Å². The number of aromatic carboxylic acids is 1. The van der Waals surface area contributed by atoms with Crippen LogP contribution in [0.4, 0.5) is 0 Å². The predicted octanol–water partition coefficient (Wildman–Crippen LogP) is 3.14. The Kier molecular flexibility index (Phi) is 4.50. The molecule has 5 nitrogen and oxygen atoms in total. The Morgan fingerprint density at radius 2 is 2.05 bits per heavy atom. The highest BCUT2D eigenvalue weighted by Gasteiger charge is 2.21. The topological polar surface area (TPSA) is 68.0 Å². The molecule has 0 saturated carbocycles. The van der Waals surface area contributed by atoms with E-state index in [-0.39, 0.29) is 5.69 Å². The van der Waals surface area contributed by atoms with Gasteiger partial charge in [0.2, 0.25) is 0 Å². The minimum Gasteiger partial charge on any atom is -0.476 e. The van der Waals surface area contributed by atoms with Crippen molar-refractivity contribution in [2.45, 2.75) is 39.7 Å². The van der Waals surface area contributed by atoms with Crippen LogP contribution in [-0.2, 0) is 6.54 Å². The summed E-state index contributed by atoms with van der Waals surface area (Å²) in [5.41, 5.74) is 2.53. The maximum Gasteiger partial charge on any atom is 0.358 e. The molecule has 0 radical (unpaired) electrons. The van der Waals surface area contributed by atoms with Crippen molar-refractivity contribution in [1.29, 1.82) is 0 Å². The van der Waals surface area contributed by atoms with Crippen molar-refractivity contribution in [3.63, 3.8) is 0 Å². The van der Waals surface area contributed by atoms with Gasteiger partial charge in [-0.05, 0) is 18.9 Å². The Hall–Kier alpha value is -2.17. The van der Waals surface area contributed by atoms with Gasteiger partial charge in [-0.25, -0.2) is 9.48 Å². The smallest absolute Gasteiger partial charge is 0.358 e. The highest BCUT2D eigenvalue weighted by Crippen LogP contribution is 2.26. The normalized spacial score (nSPS) is 10.7. The lowest BCUT2D eigenvalue weighted by Crippen LogP contribution is -2.06. The average molecular weight is 273 g/mol. The van der Waals surface area contributed by atoms with Gasteiger partial charge in [-0.15, -0.1) is 5.10 Å². The van der Waals surface area contributed by atoms with E-state index in [0.29, 0.717) is 12.2 Å². The van der Waals surface area contributed by atoms with Gasteiger partial charge >= 0.3 is 5.97 Å². The second-order valence-electron chi connectivity index (χ2n) is 4.84. The van der Waals surface area contributed by atoms with Gasteiger partial charge < -0.3 is 5.11 Å². The van der Waals surface area contributed by atoms with Crippen LogP contribution in [0, 0.1) is 6.92 Å². The number of carbonyl (C=O) groups is 1. The molecule has 2 rings (SSSR count). The van der Waals surface area contributed by atoms with Crippen molar-refractivity contribution in [2.24, 2.45) is 0 Å². The highest BCUT2D eigenvalue weighted by molar-refractivity contribution is 5.93. The summed E-state index contributed by atoms with van der Waals surface area (Å²) in [6.45, 7) is 4.79. The number of rotatable bonds is 6. The predicted molar refractivity (Wildman–Crippen MR) is 76.7 cm³/mol. The molecule has 0 aliphatic carbocycles. The quantitative estimate of drug-likeness (QED) is 0.821. The molecule has 0 aliphatic heterocycles. The first-order valence-corrected chi connectivity index (χ1v) is 6.88. The fourth-order valence-corrected chi connectivity index (χ4v) is 2.23. The Morgan fingerprint density at radius 1 is 1.30 bits per heavy atom. The molecule has 0 saturated heterocycles. The van der Waals surface area contributed by atoms with Crippen LogP contribution in [0.5, 0.6) is 0 Å². The monoisotopic (exact) mass is 273 g/mol. The zero-order valence-corrected chi connectivity index (χ0v) is 11.8. The van der Waals surface area contributed by atoms with E-state index < -0.39 is 5.97 Å². The third-order valence-electron chi connectivity index (χ3n) is 3.31. The summed E-state index contributed by atoms with van der Waals surface area (Å²) >= 11 is 0. The summed E-state index contributed by atoms with van der Waals surface area (Å²) in [5.74, 6) is -1.04. The van der Waals surface area contributed by atoms with Gasteiger partial charge in [0.05, 0.1) is 0 Å². The van der Waals surface area contributed by atoms with Crippen molar-refractivity contribution in [3.8, 4) is 11.3 Å². The number of aryl methyl sites for hydroxylation is 2. The van der Waals surface area contributed by atoms with Gasteiger partial charge in [0.15, 0.2) is 5.69 Å². The number of hydrogen-bond acceptors (Lipinski definition) is 3. The first-order valence-electron chi connectivity index (χ1n) is 6.88. The second kappa shape index (κ2) is 6.32. The van der Waals surface area contributed by atoms with Crippen LogP contribution >= 0.6 is 0 Å². The van der Waals surface area contributed by atoms with E-state index >= 15 is 0 Å². The minimum absolute atomic E-state index is 0.0239. The van der Waals surface area contributed by atoms with Gasteiger partial charge in [-0.1, -0.05) is 49.2 Å². The molecule has 0 atom stereocenters. The molecule has 20 heavy (non-hydrogen) atoms. The molecular weight excluding hydrogens is 254 g/mol. The first kappa shape index (κ1) is 14.2. The molecule has 1 N–H and O–H groups in total. The number of hydrogen-bond donors (Lipinski definition) is 1. The molecule has 1 aromatic heterocycles. The molecule has 0 amide bonds. The number of unbranched alkanes of at least 4 members (excludes halogenated alkanes) is 2. The molecule has 0 spiro atoms. The molecule has 5 heteroatoms. The second-order valence-corrected chi connectivity index (χ2v) is 4.84. The van der Waals surface area contributed by atoms with Crippen molar-refractivity contribution >= 4 is 5.97 Å². The van der Waals surface area contributed by atoms with Gasteiger partial charge in [0, 0.05) is 12.1 Å². The molecule has 2 aromatic rings. The zero-order chi connectivity index (χ0) is 14.5. The number of aromatic nitrogens is 3. The van der Waals surface area contributed by atoms with Crippen molar-refractivity contribution in [2.75, 3.05) is 0 Å². The molecule has 106 valence electrons. The summed E-state index contributed by atoms with van der Waals surface area (Å²) in [4.78, 5) is 11.3. The van der Waals surface area contributed by atoms with Crippen LogP contribution in [-0.4, -0.2) is 26.1 Å². The van der Waals surface area contributed by atoms with E-state index in [1.807, 2.05) is 31.2 Å². The van der Waals surface area contributed by atoms with Gasteiger partial charge in [0.1, 0.15) is 5.69 Å². The van der Waals surface area contributed by atoms with E-state index in [2.05, 4.69) is 17.2 Å². The lowest BCUT2D eigenvalue weighted by molar-refractivity contribution is 0.0691. The molecule has 0 bridgehead atoms. The Balaban J connectivity index is 2.45. The number of carboxylic acids is 1. The van der Waals surface area contributed by atoms with Gasteiger partial charge in [-0.3, -0.25) is 0 Å². The summed E-state index contributed by atoms with van der Waals surface area (Å²) in [5, 5.41) is 17.1. The third-order valence-corrected chi connectivity index (χ3v) is 3.31. The van der Waals surface area contributed by atoms with Gasteiger partial charge in [-0.2, -0.15) is 0 Å². The van der Waals surface area contributed by atoms with E-state index in [1.54, 1.807) is 4.68 Å². The Labute approximate surface area is 118 Å². The maximum atomic E-state index is 11.3. The minimum atomic E-state index is -1.04. The number of nitrogens with zero attached hydrogens (tertiary/aromatic N) is 3. The number of carboxylic acid groups (broad SMARTS) is 1. The van der Waals surface area contributed by atoms with Crippen LogP contribution < -0.4 is 0 Å². The summed E-state index contributed by atoms with van der Waals surface area (Å²) in [6.07, 6.45) is 3.17. The Morgan fingerprint density at radius 3 is 2.70 bits per heavy atom. The number of benzene rings is 1. The van der Waals surface area contributed by atoms with Gasteiger partial charge in [0.25, 0.3) is 0 Å². The summed E-state index contributed by atoms with van der Waals surface area (Å²) in [7, 11) is 0. The summed E-state index contributed by atoms with van der Waals surface area (Å²) in [6, 6.07) is 7.71. The molecule has 0 unspecified atom stereocenters. The van der Waals surface area contributed by atoms with Crippen molar-refractivity contribution in [1.82, 2.24) is 15.0 Å². The first-order chi connectivity index (χ1) is 9.65. The lowest BCUT2D eigenvalue weighted by Gasteiger charge is -2.09. The van der Waals surface area contributed by atoms with E-state index in [4.69, 9.17) is 0 Å². The Bertz CT molecular complexity index is 605. The summed E-state index contributed by atoms with van der Waals surface area (Å²) < 4.78 is 1.71. The van der Waals surface area contributed by atoms with Crippen LogP contribution in [0.15, 0.2) is 24.3 Å². The largest absolute Gasteiger partial charge is 0.476 e. The lowest BCUT2D eigenvalue weighted by atomic mass is 10.0. The van der Waals surface area contributed by atoms with Crippen molar-refractivity contribution in [3.05, 3.63) is 35.5 Å². The highest BCUT2D eigenvalue weighted by atomic mass is 16.4. The van der Waals surface area contributed by atoms with E-state index in [9.17, 15) is 9.90 Å². The fraction of sp³-hybridized carbons (Fsp3) is 0.400. The SMILES string of the molecule is CCCCCn1nnc(C(=O)O)c1-c1ccccc1C. The van der Waals surface area contributed by atoms with Crippen LogP contribution in [0.2, 0.25) is 0 Å². The van der Waals surface area contributed by atoms with E-state index in [0.717, 1.165) is 30.4 Å². The van der Waals surface area contributed by atoms with Crippen LogP contribution in [0.1, 0.15) is 42.2 Å². The maximum absolute atomic E-state index is 11.3. The van der Waals surface area contributed by atoms with E-state index in [1.165, 1.54) is 0 Å².